The predicted octanol–water partition coefficient (Wildman–Crippen LogP) is 2.33. The number of nitrogens with one attached hydrogen (secondary N) is 1. The molecule has 0 aromatic heterocycles. The van der Waals surface area contributed by atoms with Crippen molar-refractivity contribution >= 4 is 11.6 Å². The highest BCUT2D eigenvalue weighted by molar-refractivity contribution is 5.94. The van der Waals surface area contributed by atoms with Crippen molar-refractivity contribution in [3.63, 3.8) is 0 Å². The average Bonchev–Trinajstić information content (AvgIpc) is 2.45. The van der Waals surface area contributed by atoms with Crippen molar-refractivity contribution < 1.29 is 14.3 Å². The third kappa shape index (κ3) is 5.39. The van der Waals surface area contributed by atoms with Crippen LogP contribution in [0.15, 0.2) is 24.3 Å². The van der Waals surface area contributed by atoms with Crippen LogP contribution in [0.5, 0.6) is 0 Å². The van der Waals surface area contributed by atoms with E-state index in [0.29, 0.717) is 24.5 Å². The Kier molecular flexibility index (Phi) is 6.71. The molecule has 5 nitrogen and oxygen atoms in total. The lowest BCUT2D eigenvalue weighted by atomic mass is 10.2. The molecule has 0 spiro atoms. The smallest absolute Gasteiger partial charge is 0.253 e. The van der Waals surface area contributed by atoms with E-state index in [4.69, 9.17) is 14.7 Å². The zero-order chi connectivity index (χ0) is 15.0. The third-order valence-electron chi connectivity index (χ3n) is 2.62. The van der Waals surface area contributed by atoms with Gasteiger partial charge in [0.2, 0.25) is 0 Å². The largest absolute Gasteiger partial charge is 0.379 e. The summed E-state index contributed by atoms with van der Waals surface area (Å²) in [6.07, 6.45) is -0.739. The van der Waals surface area contributed by atoms with Crippen molar-refractivity contribution in [2.24, 2.45) is 0 Å². The first-order valence-corrected chi connectivity index (χ1v) is 6.61. The summed E-state index contributed by atoms with van der Waals surface area (Å²) in [5, 5.41) is 11.5. The van der Waals surface area contributed by atoms with E-state index in [-0.39, 0.29) is 12.0 Å². The summed E-state index contributed by atoms with van der Waals surface area (Å²) >= 11 is 0. The Morgan fingerprint density at radius 3 is 2.85 bits per heavy atom. The van der Waals surface area contributed by atoms with Gasteiger partial charge in [-0.3, -0.25) is 4.79 Å². The SMILES string of the molecule is CCOCC(C)OC(C)C(=O)Nc1cccc(C#N)c1. The molecule has 0 aliphatic rings. The lowest BCUT2D eigenvalue weighted by molar-refractivity contribution is -0.131. The normalized spacial score (nSPS) is 13.3. The first kappa shape index (κ1) is 16.2. The standard InChI is InChI=1S/C15H20N2O3/c1-4-19-10-11(2)20-12(3)15(18)17-14-7-5-6-13(8-14)9-16/h5-8,11-12H,4,10H2,1-3H3,(H,17,18). The minimum absolute atomic E-state index is 0.152. The molecule has 1 aromatic carbocycles. The quantitative estimate of drug-likeness (QED) is 0.829. The molecule has 20 heavy (non-hydrogen) atoms. The van der Waals surface area contributed by atoms with Crippen LogP contribution in [0.3, 0.4) is 0 Å². The number of hydrogen-bond donors (Lipinski definition) is 1. The molecule has 108 valence electrons. The minimum atomic E-state index is -0.587. The highest BCUT2D eigenvalue weighted by Crippen LogP contribution is 2.11. The molecule has 0 aliphatic carbocycles. The summed E-state index contributed by atoms with van der Waals surface area (Å²) in [6, 6.07) is 8.78. The van der Waals surface area contributed by atoms with E-state index in [1.165, 1.54) is 0 Å². The third-order valence-corrected chi connectivity index (χ3v) is 2.62. The highest BCUT2D eigenvalue weighted by Gasteiger charge is 2.17. The van der Waals surface area contributed by atoms with E-state index >= 15 is 0 Å². The molecule has 0 saturated carbocycles. The Morgan fingerprint density at radius 2 is 2.20 bits per heavy atom. The van der Waals surface area contributed by atoms with Crippen LogP contribution in [0.25, 0.3) is 0 Å². The van der Waals surface area contributed by atoms with Crippen LogP contribution < -0.4 is 5.32 Å². The number of nitriles is 1. The van der Waals surface area contributed by atoms with Crippen LogP contribution in [-0.2, 0) is 14.3 Å². The molecule has 0 radical (unpaired) electrons. The summed E-state index contributed by atoms with van der Waals surface area (Å²) in [7, 11) is 0. The molecule has 5 heteroatoms. The fourth-order valence-electron chi connectivity index (χ4n) is 1.64. The number of amides is 1. The number of hydrogen-bond acceptors (Lipinski definition) is 4. The summed E-state index contributed by atoms with van der Waals surface area (Å²) in [5.74, 6) is -0.247. The molecule has 0 saturated heterocycles. The Morgan fingerprint density at radius 1 is 1.45 bits per heavy atom. The van der Waals surface area contributed by atoms with Gasteiger partial charge in [-0.05, 0) is 39.0 Å². The van der Waals surface area contributed by atoms with Crippen molar-refractivity contribution in [1.29, 1.82) is 5.26 Å². The molecular weight excluding hydrogens is 256 g/mol. The van der Waals surface area contributed by atoms with Crippen molar-refractivity contribution in [2.45, 2.75) is 33.0 Å². The van der Waals surface area contributed by atoms with Crippen LogP contribution >= 0.6 is 0 Å². The fourth-order valence-corrected chi connectivity index (χ4v) is 1.64. The maximum absolute atomic E-state index is 12.0. The number of carbonyl (C=O) groups excluding carboxylic acids is 1. The molecule has 2 atom stereocenters. The van der Waals surface area contributed by atoms with Crippen molar-refractivity contribution in [3.05, 3.63) is 29.8 Å². The van der Waals surface area contributed by atoms with Crippen LogP contribution in [0, 0.1) is 11.3 Å². The van der Waals surface area contributed by atoms with Gasteiger partial charge in [0, 0.05) is 12.3 Å². The number of benzene rings is 1. The maximum Gasteiger partial charge on any atom is 0.253 e. The molecule has 1 aromatic rings. The van der Waals surface area contributed by atoms with Crippen LogP contribution in [-0.4, -0.2) is 31.3 Å². The fraction of sp³-hybridized carbons (Fsp3) is 0.467. The molecular formula is C15H20N2O3. The maximum atomic E-state index is 12.0. The highest BCUT2D eigenvalue weighted by atomic mass is 16.5. The monoisotopic (exact) mass is 276 g/mol. The number of anilines is 1. The van der Waals surface area contributed by atoms with Gasteiger partial charge in [0.25, 0.3) is 5.91 Å². The van der Waals surface area contributed by atoms with Gasteiger partial charge in [-0.25, -0.2) is 0 Å². The predicted molar refractivity (Wildman–Crippen MR) is 76.3 cm³/mol. The minimum Gasteiger partial charge on any atom is -0.379 e. The van der Waals surface area contributed by atoms with Crippen molar-refractivity contribution in [3.8, 4) is 6.07 Å². The Balaban J connectivity index is 2.51. The second kappa shape index (κ2) is 8.31. The Labute approximate surface area is 119 Å². The lowest BCUT2D eigenvalue weighted by Gasteiger charge is -2.18. The van der Waals surface area contributed by atoms with E-state index in [1.54, 1.807) is 31.2 Å². The van der Waals surface area contributed by atoms with Gasteiger partial charge in [-0.1, -0.05) is 6.07 Å². The number of carbonyl (C=O) groups is 1. The zero-order valence-electron chi connectivity index (χ0n) is 12.1. The van der Waals surface area contributed by atoms with Crippen molar-refractivity contribution in [2.75, 3.05) is 18.5 Å². The van der Waals surface area contributed by atoms with Gasteiger partial charge in [0.1, 0.15) is 6.10 Å². The van der Waals surface area contributed by atoms with Gasteiger partial charge in [-0.15, -0.1) is 0 Å². The van der Waals surface area contributed by atoms with E-state index in [0.717, 1.165) is 0 Å². The van der Waals surface area contributed by atoms with Crippen LogP contribution in [0.4, 0.5) is 5.69 Å². The van der Waals surface area contributed by atoms with Gasteiger partial charge in [0.15, 0.2) is 0 Å². The van der Waals surface area contributed by atoms with Gasteiger partial charge < -0.3 is 14.8 Å². The van der Waals surface area contributed by atoms with Gasteiger partial charge in [0.05, 0.1) is 24.3 Å². The lowest BCUT2D eigenvalue weighted by Crippen LogP contribution is -2.32. The van der Waals surface area contributed by atoms with E-state index in [9.17, 15) is 4.79 Å². The zero-order valence-corrected chi connectivity index (χ0v) is 12.1. The van der Waals surface area contributed by atoms with Crippen LogP contribution in [0.2, 0.25) is 0 Å². The van der Waals surface area contributed by atoms with E-state index < -0.39 is 6.10 Å². The first-order chi connectivity index (χ1) is 9.56. The molecule has 0 bridgehead atoms. The van der Waals surface area contributed by atoms with Crippen molar-refractivity contribution in [1.82, 2.24) is 0 Å². The Hall–Kier alpha value is -1.90. The molecule has 0 heterocycles. The molecule has 0 fully saturated rings. The second-order valence-corrected chi connectivity index (χ2v) is 4.43. The van der Waals surface area contributed by atoms with Gasteiger partial charge >= 0.3 is 0 Å². The van der Waals surface area contributed by atoms with Crippen LogP contribution in [0.1, 0.15) is 26.3 Å². The Bertz CT molecular complexity index is 482. The molecule has 1 amide bonds. The molecule has 2 unspecified atom stereocenters. The summed E-state index contributed by atoms with van der Waals surface area (Å²) in [5.41, 5.74) is 1.09. The second-order valence-electron chi connectivity index (χ2n) is 4.43. The topological polar surface area (TPSA) is 71.3 Å². The summed E-state index contributed by atoms with van der Waals surface area (Å²) in [6.45, 7) is 6.53. The molecule has 1 rings (SSSR count). The number of rotatable bonds is 7. The van der Waals surface area contributed by atoms with Gasteiger partial charge in [-0.2, -0.15) is 5.26 Å². The number of nitrogens with zero attached hydrogens (tertiary/aromatic N) is 1. The van der Waals surface area contributed by atoms with E-state index in [2.05, 4.69) is 5.32 Å². The molecule has 0 aliphatic heterocycles. The first-order valence-electron chi connectivity index (χ1n) is 6.61. The average molecular weight is 276 g/mol. The molecule has 1 N–H and O–H groups in total. The summed E-state index contributed by atoms with van der Waals surface area (Å²) in [4.78, 5) is 12.0. The summed E-state index contributed by atoms with van der Waals surface area (Å²) < 4.78 is 10.8. The van der Waals surface area contributed by atoms with E-state index in [1.807, 2.05) is 19.9 Å². The number of ether oxygens (including phenoxy) is 2.